The van der Waals surface area contributed by atoms with Crippen molar-refractivity contribution in [3.05, 3.63) is 29.2 Å². The van der Waals surface area contributed by atoms with E-state index in [-0.39, 0.29) is 5.82 Å². The second-order valence-electron chi connectivity index (χ2n) is 5.61. The van der Waals surface area contributed by atoms with Gasteiger partial charge in [-0.3, -0.25) is 0 Å². The number of H-pyrrole nitrogens is 1. The molecule has 108 valence electrons. The van der Waals surface area contributed by atoms with E-state index in [1.165, 1.54) is 6.07 Å². The number of rotatable bonds is 1. The Morgan fingerprint density at radius 3 is 2.80 bits per heavy atom. The maximum atomic E-state index is 14.3. The zero-order chi connectivity index (χ0) is 14.4. The Balaban J connectivity index is 2.13. The minimum absolute atomic E-state index is 0.274. The molecule has 1 aliphatic rings. The first-order valence-electron chi connectivity index (χ1n) is 6.91. The molecule has 1 aromatic carbocycles. The first-order chi connectivity index (χ1) is 9.49. The van der Waals surface area contributed by atoms with E-state index in [0.717, 1.165) is 22.2 Å². The van der Waals surface area contributed by atoms with E-state index in [1.807, 2.05) is 18.7 Å². The minimum Gasteiger partial charge on any atom is -0.367 e. The summed E-state index contributed by atoms with van der Waals surface area (Å²) in [5.41, 5.74) is 9.31. The number of nitrogens with zero attached hydrogens (tertiary/aromatic N) is 1. The van der Waals surface area contributed by atoms with Gasteiger partial charge >= 0.3 is 0 Å². The van der Waals surface area contributed by atoms with Gasteiger partial charge in [-0.1, -0.05) is 0 Å². The fraction of sp³-hybridized carbons (Fsp3) is 0.467. The quantitative estimate of drug-likeness (QED) is 0.843. The maximum Gasteiger partial charge on any atom is 0.147 e. The number of nitrogens with one attached hydrogen (secondary N) is 1. The third-order valence-corrected chi connectivity index (χ3v) is 4.28. The molecule has 0 spiro atoms. The van der Waals surface area contributed by atoms with E-state index in [2.05, 4.69) is 4.98 Å². The number of piperidine rings is 1. The van der Waals surface area contributed by atoms with Gasteiger partial charge in [-0.05, 0) is 38.0 Å². The number of nitrogens with two attached hydrogens (primary N) is 1. The molecule has 2 atom stereocenters. The summed E-state index contributed by atoms with van der Waals surface area (Å²) >= 11 is 0. The molecular weight excluding hydrogens is 260 g/mol. The molecule has 1 saturated heterocycles. The summed E-state index contributed by atoms with van der Waals surface area (Å²) in [6, 6.07) is 2.65. The van der Waals surface area contributed by atoms with Gasteiger partial charge in [0.25, 0.3) is 0 Å². The Labute approximate surface area is 116 Å². The zero-order valence-corrected chi connectivity index (χ0v) is 11.7. The van der Waals surface area contributed by atoms with Crippen LogP contribution in [0.2, 0.25) is 0 Å². The monoisotopic (exact) mass is 279 g/mol. The largest absolute Gasteiger partial charge is 0.367 e. The van der Waals surface area contributed by atoms with Gasteiger partial charge in [-0.15, -0.1) is 0 Å². The van der Waals surface area contributed by atoms with Crippen LogP contribution < -0.4 is 10.6 Å². The number of aromatic amines is 1. The molecule has 1 aliphatic heterocycles. The second kappa shape index (κ2) is 4.74. The van der Waals surface area contributed by atoms with Crippen molar-refractivity contribution in [1.82, 2.24) is 4.98 Å². The van der Waals surface area contributed by atoms with Crippen molar-refractivity contribution in [1.29, 1.82) is 0 Å². The molecule has 2 aromatic rings. The standard InChI is InChI=1S/C15H19F2N3/c1-8-9(2)19-13-4-3-11(17)15(14(8)13)20-6-5-10(16)12(18)7-20/h3-4,10,12,19H,5-7,18H2,1-2H3/t10-,12+/m1/s1. The summed E-state index contributed by atoms with van der Waals surface area (Å²) in [6.45, 7) is 4.78. The molecule has 0 aliphatic carbocycles. The number of halogens is 2. The van der Waals surface area contributed by atoms with E-state index in [9.17, 15) is 8.78 Å². The van der Waals surface area contributed by atoms with Gasteiger partial charge in [-0.25, -0.2) is 8.78 Å². The fourth-order valence-electron chi connectivity index (χ4n) is 3.00. The molecule has 1 fully saturated rings. The zero-order valence-electron chi connectivity index (χ0n) is 11.7. The van der Waals surface area contributed by atoms with Crippen LogP contribution in [0.1, 0.15) is 17.7 Å². The first-order valence-corrected chi connectivity index (χ1v) is 6.91. The summed E-state index contributed by atoms with van der Waals surface area (Å²) in [7, 11) is 0. The number of benzene rings is 1. The lowest BCUT2D eigenvalue weighted by Gasteiger charge is -2.35. The summed E-state index contributed by atoms with van der Waals surface area (Å²) < 4.78 is 27.8. The lowest BCUT2D eigenvalue weighted by molar-refractivity contribution is 0.244. The molecule has 5 heteroatoms. The van der Waals surface area contributed by atoms with Crippen LogP contribution in [0.5, 0.6) is 0 Å². The number of hydrogen-bond acceptors (Lipinski definition) is 2. The second-order valence-corrected chi connectivity index (χ2v) is 5.61. The molecule has 20 heavy (non-hydrogen) atoms. The highest BCUT2D eigenvalue weighted by atomic mass is 19.1. The fourth-order valence-corrected chi connectivity index (χ4v) is 3.00. The maximum absolute atomic E-state index is 14.3. The molecule has 0 unspecified atom stereocenters. The first kappa shape index (κ1) is 13.4. The molecule has 0 amide bonds. The summed E-state index contributed by atoms with van der Waals surface area (Å²) in [4.78, 5) is 5.13. The number of alkyl halides is 1. The van der Waals surface area contributed by atoms with Crippen LogP contribution in [0.3, 0.4) is 0 Å². The van der Waals surface area contributed by atoms with E-state index in [0.29, 0.717) is 25.2 Å². The van der Waals surface area contributed by atoms with Crippen LogP contribution in [0, 0.1) is 19.7 Å². The van der Waals surface area contributed by atoms with Gasteiger partial charge in [0.1, 0.15) is 12.0 Å². The number of anilines is 1. The Kier molecular flexibility index (Phi) is 3.17. The number of hydrogen-bond donors (Lipinski definition) is 2. The van der Waals surface area contributed by atoms with Crippen molar-refractivity contribution in [3.63, 3.8) is 0 Å². The van der Waals surface area contributed by atoms with Crippen LogP contribution in [-0.2, 0) is 0 Å². The smallest absolute Gasteiger partial charge is 0.147 e. The van der Waals surface area contributed by atoms with Gasteiger partial charge in [0, 0.05) is 29.7 Å². The van der Waals surface area contributed by atoms with Crippen LogP contribution in [0.15, 0.2) is 12.1 Å². The van der Waals surface area contributed by atoms with E-state index < -0.39 is 12.2 Å². The van der Waals surface area contributed by atoms with Gasteiger partial charge in [-0.2, -0.15) is 0 Å². The Morgan fingerprint density at radius 1 is 1.35 bits per heavy atom. The molecule has 0 radical (unpaired) electrons. The summed E-state index contributed by atoms with van der Waals surface area (Å²) in [5, 5.41) is 0.881. The average Bonchev–Trinajstić information content (AvgIpc) is 2.70. The highest BCUT2D eigenvalue weighted by molar-refractivity contribution is 5.96. The van der Waals surface area contributed by atoms with E-state index in [1.54, 1.807) is 6.07 Å². The van der Waals surface area contributed by atoms with Crippen LogP contribution in [0.4, 0.5) is 14.5 Å². The predicted octanol–water partition coefficient (Wildman–Crippen LogP) is 2.80. The van der Waals surface area contributed by atoms with Crippen molar-refractivity contribution < 1.29 is 8.78 Å². The predicted molar refractivity (Wildman–Crippen MR) is 77.4 cm³/mol. The topological polar surface area (TPSA) is 45.0 Å². The third kappa shape index (κ3) is 1.97. The average molecular weight is 279 g/mol. The highest BCUT2D eigenvalue weighted by Gasteiger charge is 2.29. The SMILES string of the molecule is Cc1[nH]c2ccc(F)c(N3CC[C@@H](F)[C@@H](N)C3)c2c1C. The molecule has 3 rings (SSSR count). The van der Waals surface area contributed by atoms with Crippen LogP contribution >= 0.6 is 0 Å². The molecule has 0 saturated carbocycles. The third-order valence-electron chi connectivity index (χ3n) is 4.28. The van der Waals surface area contributed by atoms with Crippen molar-refractivity contribution in [2.75, 3.05) is 18.0 Å². The molecular formula is C15H19F2N3. The van der Waals surface area contributed by atoms with Crippen molar-refractivity contribution in [2.24, 2.45) is 5.73 Å². The molecule has 0 bridgehead atoms. The van der Waals surface area contributed by atoms with E-state index >= 15 is 0 Å². The minimum atomic E-state index is -0.998. The number of fused-ring (bicyclic) bond motifs is 1. The molecule has 3 nitrogen and oxygen atoms in total. The van der Waals surface area contributed by atoms with Crippen molar-refractivity contribution in [2.45, 2.75) is 32.5 Å². The van der Waals surface area contributed by atoms with Crippen molar-refractivity contribution >= 4 is 16.6 Å². The van der Waals surface area contributed by atoms with Gasteiger partial charge in [0.15, 0.2) is 0 Å². The lowest BCUT2D eigenvalue weighted by Crippen LogP contribution is -2.50. The Hall–Kier alpha value is -1.62. The van der Waals surface area contributed by atoms with Crippen LogP contribution in [0.25, 0.3) is 10.9 Å². The molecule has 2 heterocycles. The van der Waals surface area contributed by atoms with E-state index in [4.69, 9.17) is 5.73 Å². The van der Waals surface area contributed by atoms with Gasteiger partial charge < -0.3 is 15.6 Å². The van der Waals surface area contributed by atoms with Crippen molar-refractivity contribution in [3.8, 4) is 0 Å². The molecule has 1 aromatic heterocycles. The number of aryl methyl sites for hydroxylation is 2. The van der Waals surface area contributed by atoms with Gasteiger partial charge in [0.2, 0.25) is 0 Å². The summed E-state index contributed by atoms with van der Waals surface area (Å²) in [6.07, 6.45) is -0.651. The normalized spacial score (nSPS) is 23.6. The lowest BCUT2D eigenvalue weighted by atomic mass is 10.0. The number of aromatic nitrogens is 1. The molecule has 3 N–H and O–H groups in total. The highest BCUT2D eigenvalue weighted by Crippen LogP contribution is 2.35. The Morgan fingerprint density at radius 2 is 2.10 bits per heavy atom. The Bertz CT molecular complexity index is 650. The van der Waals surface area contributed by atoms with Crippen LogP contribution in [-0.4, -0.2) is 30.3 Å². The van der Waals surface area contributed by atoms with Gasteiger partial charge in [0.05, 0.1) is 11.7 Å². The summed E-state index contributed by atoms with van der Waals surface area (Å²) in [5.74, 6) is -0.274.